The molecule has 0 N–H and O–H groups in total. The highest BCUT2D eigenvalue weighted by Gasteiger charge is 2.17. The van der Waals surface area contributed by atoms with E-state index in [2.05, 4.69) is 65.8 Å². The highest BCUT2D eigenvalue weighted by Crippen LogP contribution is 2.30. The number of rotatable bonds is 9. The van der Waals surface area contributed by atoms with Gasteiger partial charge in [-0.1, -0.05) is 71.9 Å². The lowest BCUT2D eigenvalue weighted by Gasteiger charge is -2.23. The molecule has 1 fully saturated rings. The summed E-state index contributed by atoms with van der Waals surface area (Å²) in [6.07, 6.45) is 7.15. The Hall–Kier alpha value is -3.02. The largest absolute Gasteiger partial charge is 0.353 e. The molecule has 1 saturated heterocycles. The SMILES string of the molecule is c1ccc(CCCCc2nc(-c3ccc(COC4CCCCO4)c4ccccc34)no2)cc1. The molecule has 1 aliphatic heterocycles. The van der Waals surface area contributed by atoms with Crippen molar-refractivity contribution in [2.24, 2.45) is 0 Å². The van der Waals surface area contributed by atoms with Crippen LogP contribution in [-0.4, -0.2) is 23.0 Å². The Labute approximate surface area is 194 Å². The first-order valence-corrected chi connectivity index (χ1v) is 12.0. The molecule has 1 aliphatic rings. The van der Waals surface area contributed by atoms with Crippen LogP contribution in [0.2, 0.25) is 0 Å². The number of nitrogens with zero attached hydrogens (tertiary/aromatic N) is 2. The van der Waals surface area contributed by atoms with Crippen LogP contribution in [0.4, 0.5) is 0 Å². The molecular weight excluding hydrogens is 412 g/mol. The second kappa shape index (κ2) is 10.7. The van der Waals surface area contributed by atoms with E-state index in [0.29, 0.717) is 18.3 Å². The van der Waals surface area contributed by atoms with Crippen molar-refractivity contribution in [3.05, 3.63) is 83.7 Å². The van der Waals surface area contributed by atoms with Gasteiger partial charge in [0.2, 0.25) is 11.7 Å². The average Bonchev–Trinajstić information content (AvgIpc) is 3.35. The minimum Gasteiger partial charge on any atom is -0.353 e. The third-order valence-electron chi connectivity index (χ3n) is 6.23. The Morgan fingerprint density at radius 2 is 1.67 bits per heavy atom. The maximum Gasteiger partial charge on any atom is 0.226 e. The first kappa shape index (κ1) is 21.8. The molecule has 170 valence electrons. The topological polar surface area (TPSA) is 57.4 Å². The molecule has 0 bridgehead atoms. The zero-order valence-electron chi connectivity index (χ0n) is 18.9. The van der Waals surface area contributed by atoms with E-state index in [1.807, 2.05) is 6.07 Å². The molecule has 1 unspecified atom stereocenters. The second-order valence-corrected chi connectivity index (χ2v) is 8.63. The summed E-state index contributed by atoms with van der Waals surface area (Å²) in [6.45, 7) is 1.32. The lowest BCUT2D eigenvalue weighted by atomic mass is 9.99. The molecule has 1 aromatic heterocycles. The van der Waals surface area contributed by atoms with Crippen LogP contribution in [0, 0.1) is 0 Å². The minimum atomic E-state index is -0.0983. The van der Waals surface area contributed by atoms with Gasteiger partial charge in [0.25, 0.3) is 0 Å². The van der Waals surface area contributed by atoms with Crippen molar-refractivity contribution in [2.75, 3.05) is 6.61 Å². The van der Waals surface area contributed by atoms with Crippen LogP contribution in [0.3, 0.4) is 0 Å². The van der Waals surface area contributed by atoms with E-state index in [9.17, 15) is 0 Å². The number of benzene rings is 3. The van der Waals surface area contributed by atoms with E-state index >= 15 is 0 Å². The van der Waals surface area contributed by atoms with Crippen LogP contribution in [-0.2, 0) is 28.9 Å². The van der Waals surface area contributed by atoms with Crippen molar-refractivity contribution < 1.29 is 14.0 Å². The van der Waals surface area contributed by atoms with Crippen molar-refractivity contribution in [1.82, 2.24) is 10.1 Å². The molecule has 0 radical (unpaired) electrons. The van der Waals surface area contributed by atoms with Crippen molar-refractivity contribution in [1.29, 1.82) is 0 Å². The quantitative estimate of drug-likeness (QED) is 0.277. The summed E-state index contributed by atoms with van der Waals surface area (Å²) in [6, 6.07) is 23.1. The molecule has 0 spiro atoms. The molecule has 0 aliphatic carbocycles. The van der Waals surface area contributed by atoms with Gasteiger partial charge in [-0.05, 0) is 60.4 Å². The molecule has 0 saturated carbocycles. The Morgan fingerprint density at radius 3 is 2.52 bits per heavy atom. The van der Waals surface area contributed by atoms with Crippen LogP contribution in [0.5, 0.6) is 0 Å². The number of aryl methyl sites for hydroxylation is 2. The lowest BCUT2D eigenvalue weighted by Crippen LogP contribution is -2.22. The summed E-state index contributed by atoms with van der Waals surface area (Å²) in [5.74, 6) is 1.34. The lowest BCUT2D eigenvalue weighted by molar-refractivity contribution is -0.168. The van der Waals surface area contributed by atoms with E-state index in [4.69, 9.17) is 19.0 Å². The summed E-state index contributed by atoms with van der Waals surface area (Å²) < 4.78 is 17.3. The molecule has 4 aromatic rings. The third kappa shape index (κ3) is 5.49. The van der Waals surface area contributed by atoms with E-state index in [-0.39, 0.29) is 6.29 Å². The zero-order chi connectivity index (χ0) is 22.3. The number of hydrogen-bond donors (Lipinski definition) is 0. The van der Waals surface area contributed by atoms with Gasteiger partial charge in [-0.25, -0.2) is 0 Å². The first-order valence-electron chi connectivity index (χ1n) is 12.0. The van der Waals surface area contributed by atoms with Crippen molar-refractivity contribution >= 4 is 10.8 Å². The summed E-state index contributed by atoms with van der Waals surface area (Å²) in [7, 11) is 0. The predicted octanol–water partition coefficient (Wildman–Crippen LogP) is 6.50. The van der Waals surface area contributed by atoms with Gasteiger partial charge in [-0.2, -0.15) is 4.98 Å². The Kier molecular flexibility index (Phi) is 7.09. The second-order valence-electron chi connectivity index (χ2n) is 8.63. The van der Waals surface area contributed by atoms with Gasteiger partial charge in [0.15, 0.2) is 6.29 Å². The van der Waals surface area contributed by atoms with E-state index in [1.54, 1.807) is 0 Å². The Morgan fingerprint density at radius 1 is 0.848 bits per heavy atom. The van der Waals surface area contributed by atoms with Gasteiger partial charge in [-0.15, -0.1) is 0 Å². The van der Waals surface area contributed by atoms with Crippen molar-refractivity contribution in [3.8, 4) is 11.4 Å². The number of fused-ring (bicyclic) bond motifs is 1. The number of ether oxygens (including phenoxy) is 2. The smallest absolute Gasteiger partial charge is 0.226 e. The molecule has 5 nitrogen and oxygen atoms in total. The van der Waals surface area contributed by atoms with Gasteiger partial charge < -0.3 is 14.0 Å². The first-order chi connectivity index (χ1) is 16.4. The van der Waals surface area contributed by atoms with Gasteiger partial charge in [0, 0.05) is 18.6 Å². The highest BCUT2D eigenvalue weighted by molar-refractivity contribution is 5.97. The maximum absolute atomic E-state index is 6.04. The molecule has 0 amide bonds. The maximum atomic E-state index is 6.04. The number of hydrogen-bond acceptors (Lipinski definition) is 5. The van der Waals surface area contributed by atoms with E-state index < -0.39 is 0 Å². The van der Waals surface area contributed by atoms with Crippen LogP contribution in [0.25, 0.3) is 22.2 Å². The third-order valence-corrected chi connectivity index (χ3v) is 6.23. The standard InChI is InChI=1S/C28H30N2O3/c1-2-10-21(11-3-1)12-4-7-15-26-29-28(30-33-26)25-18-17-22(23-13-5-6-14-24(23)25)20-32-27-16-8-9-19-31-27/h1-3,5-6,10-11,13-14,17-18,27H,4,7-9,12,15-16,19-20H2. The van der Waals surface area contributed by atoms with Crippen LogP contribution >= 0.6 is 0 Å². The fraction of sp³-hybridized carbons (Fsp3) is 0.357. The van der Waals surface area contributed by atoms with E-state index in [0.717, 1.165) is 73.5 Å². The van der Waals surface area contributed by atoms with E-state index in [1.165, 1.54) is 5.56 Å². The van der Waals surface area contributed by atoms with Crippen LogP contribution < -0.4 is 0 Å². The van der Waals surface area contributed by atoms with Gasteiger partial charge in [0.05, 0.1) is 6.61 Å². The number of unbranched alkanes of at least 4 members (excludes halogenated alkanes) is 1. The monoisotopic (exact) mass is 442 g/mol. The molecule has 3 aromatic carbocycles. The molecule has 33 heavy (non-hydrogen) atoms. The van der Waals surface area contributed by atoms with Gasteiger partial charge >= 0.3 is 0 Å². The Bertz CT molecular complexity index is 1170. The number of aromatic nitrogens is 2. The van der Waals surface area contributed by atoms with Crippen molar-refractivity contribution in [3.63, 3.8) is 0 Å². The van der Waals surface area contributed by atoms with Gasteiger partial charge in [-0.3, -0.25) is 0 Å². The fourth-order valence-electron chi connectivity index (χ4n) is 4.42. The summed E-state index contributed by atoms with van der Waals surface area (Å²) in [4.78, 5) is 4.70. The predicted molar refractivity (Wildman–Crippen MR) is 129 cm³/mol. The normalized spacial score (nSPS) is 16.3. The molecule has 1 atom stereocenters. The van der Waals surface area contributed by atoms with Crippen LogP contribution in [0.15, 0.2) is 71.3 Å². The average molecular weight is 443 g/mol. The summed E-state index contributed by atoms with van der Waals surface area (Å²) in [5, 5.41) is 6.55. The van der Waals surface area contributed by atoms with Gasteiger partial charge in [0.1, 0.15) is 0 Å². The molecular formula is C28H30N2O3. The Balaban J connectivity index is 1.25. The van der Waals surface area contributed by atoms with Crippen LogP contribution in [0.1, 0.15) is 49.1 Å². The molecule has 5 heteroatoms. The molecule has 5 rings (SSSR count). The summed E-state index contributed by atoms with van der Waals surface area (Å²) >= 11 is 0. The highest BCUT2D eigenvalue weighted by atomic mass is 16.7. The van der Waals surface area contributed by atoms with Crippen molar-refractivity contribution in [2.45, 2.75) is 57.8 Å². The zero-order valence-corrected chi connectivity index (χ0v) is 18.9. The summed E-state index contributed by atoms with van der Waals surface area (Å²) in [5.41, 5.74) is 3.50. The molecule has 2 heterocycles. The minimum absolute atomic E-state index is 0.0983. The fourth-order valence-corrected chi connectivity index (χ4v) is 4.42.